The molecule has 7 heteroatoms. The van der Waals surface area contributed by atoms with E-state index >= 15 is 0 Å². The first-order valence-electron chi connectivity index (χ1n) is 9.85. The second-order valence-electron chi connectivity index (χ2n) is 7.03. The monoisotopic (exact) mass is 405 g/mol. The van der Waals surface area contributed by atoms with Crippen molar-refractivity contribution in [3.8, 4) is 11.5 Å². The van der Waals surface area contributed by atoms with Gasteiger partial charge >= 0.3 is 0 Å². The van der Waals surface area contributed by atoms with E-state index in [-0.39, 0.29) is 18.4 Å². The van der Waals surface area contributed by atoms with Gasteiger partial charge in [0.2, 0.25) is 5.91 Å². The van der Waals surface area contributed by atoms with E-state index in [1.165, 1.54) is 6.26 Å². The SMILES string of the molecule is O=C(CN1CCN(C(=O)c2ccco2)CC1)Nc1ccc(Oc2ccccc2)cc1. The number of amides is 2. The minimum absolute atomic E-state index is 0.0856. The van der Waals surface area contributed by atoms with Crippen LogP contribution >= 0.6 is 0 Å². The van der Waals surface area contributed by atoms with E-state index < -0.39 is 0 Å². The van der Waals surface area contributed by atoms with Crippen molar-refractivity contribution < 1.29 is 18.7 Å². The number of piperazine rings is 1. The molecule has 2 heterocycles. The molecule has 30 heavy (non-hydrogen) atoms. The molecule has 0 saturated carbocycles. The molecule has 0 aliphatic carbocycles. The maximum absolute atomic E-state index is 12.4. The predicted octanol–water partition coefficient (Wildman–Crippen LogP) is 3.47. The van der Waals surface area contributed by atoms with Crippen LogP contribution in [0.1, 0.15) is 10.6 Å². The highest BCUT2D eigenvalue weighted by atomic mass is 16.5. The second kappa shape index (κ2) is 9.28. The van der Waals surface area contributed by atoms with Crippen molar-refractivity contribution in [3.63, 3.8) is 0 Å². The van der Waals surface area contributed by atoms with E-state index in [1.54, 1.807) is 17.0 Å². The molecule has 1 fully saturated rings. The number of rotatable bonds is 6. The minimum atomic E-state index is -0.109. The summed E-state index contributed by atoms with van der Waals surface area (Å²) in [6.45, 7) is 2.70. The number of hydrogen-bond donors (Lipinski definition) is 1. The number of carbonyl (C=O) groups excluding carboxylic acids is 2. The van der Waals surface area contributed by atoms with Crippen molar-refractivity contribution in [3.05, 3.63) is 78.8 Å². The van der Waals surface area contributed by atoms with Crippen molar-refractivity contribution in [2.45, 2.75) is 0 Å². The molecule has 1 saturated heterocycles. The van der Waals surface area contributed by atoms with Gasteiger partial charge in [-0.2, -0.15) is 0 Å². The Morgan fingerprint density at radius 1 is 0.867 bits per heavy atom. The lowest BCUT2D eigenvalue weighted by Gasteiger charge is -2.33. The normalized spacial score (nSPS) is 14.3. The zero-order chi connectivity index (χ0) is 20.8. The topological polar surface area (TPSA) is 75.0 Å². The number of nitrogens with one attached hydrogen (secondary N) is 1. The van der Waals surface area contributed by atoms with E-state index in [9.17, 15) is 9.59 Å². The number of nitrogens with zero attached hydrogens (tertiary/aromatic N) is 2. The maximum Gasteiger partial charge on any atom is 0.289 e. The van der Waals surface area contributed by atoms with Gasteiger partial charge in [-0.25, -0.2) is 0 Å². The molecule has 4 rings (SSSR count). The van der Waals surface area contributed by atoms with Crippen LogP contribution in [0.4, 0.5) is 5.69 Å². The van der Waals surface area contributed by atoms with Crippen LogP contribution in [0.5, 0.6) is 11.5 Å². The van der Waals surface area contributed by atoms with Crippen LogP contribution in [0, 0.1) is 0 Å². The Morgan fingerprint density at radius 2 is 1.57 bits per heavy atom. The van der Waals surface area contributed by atoms with Gasteiger partial charge in [0.05, 0.1) is 12.8 Å². The van der Waals surface area contributed by atoms with Crippen molar-refractivity contribution in [2.24, 2.45) is 0 Å². The van der Waals surface area contributed by atoms with Gasteiger partial charge in [-0.05, 0) is 48.5 Å². The molecule has 1 aromatic heterocycles. The summed E-state index contributed by atoms with van der Waals surface area (Å²) in [6, 6.07) is 20.2. The number of carbonyl (C=O) groups is 2. The summed E-state index contributed by atoms with van der Waals surface area (Å²) in [6.07, 6.45) is 1.49. The van der Waals surface area contributed by atoms with Crippen molar-refractivity contribution >= 4 is 17.5 Å². The predicted molar refractivity (Wildman–Crippen MR) is 113 cm³/mol. The van der Waals surface area contributed by atoms with E-state index in [2.05, 4.69) is 5.32 Å². The molecule has 0 bridgehead atoms. The Labute approximate surface area is 174 Å². The van der Waals surface area contributed by atoms with Crippen LogP contribution in [0.3, 0.4) is 0 Å². The summed E-state index contributed by atoms with van der Waals surface area (Å²) in [5.74, 6) is 1.62. The third-order valence-electron chi connectivity index (χ3n) is 4.88. The lowest BCUT2D eigenvalue weighted by molar-refractivity contribution is -0.117. The summed E-state index contributed by atoms with van der Waals surface area (Å²) in [4.78, 5) is 28.5. The molecule has 0 spiro atoms. The summed E-state index contributed by atoms with van der Waals surface area (Å²) in [5, 5.41) is 2.90. The molecule has 3 aromatic rings. The number of benzene rings is 2. The highest BCUT2D eigenvalue weighted by molar-refractivity contribution is 5.92. The molecular formula is C23H23N3O4. The third-order valence-corrected chi connectivity index (χ3v) is 4.88. The first-order valence-corrected chi connectivity index (χ1v) is 9.85. The van der Waals surface area contributed by atoms with Crippen molar-refractivity contribution in [2.75, 3.05) is 38.0 Å². The highest BCUT2D eigenvalue weighted by Crippen LogP contribution is 2.22. The molecule has 7 nitrogen and oxygen atoms in total. The van der Waals surface area contributed by atoms with Gasteiger partial charge in [-0.15, -0.1) is 0 Å². The van der Waals surface area contributed by atoms with Gasteiger partial charge in [0.25, 0.3) is 5.91 Å². The van der Waals surface area contributed by atoms with Crippen LogP contribution in [0.25, 0.3) is 0 Å². The number of para-hydroxylation sites is 1. The van der Waals surface area contributed by atoms with Gasteiger partial charge < -0.3 is 19.4 Å². The fourth-order valence-electron chi connectivity index (χ4n) is 3.30. The molecule has 2 aromatic carbocycles. The number of anilines is 1. The first kappa shape index (κ1) is 19.7. The smallest absolute Gasteiger partial charge is 0.289 e. The number of ether oxygens (including phenoxy) is 1. The summed E-state index contributed by atoms with van der Waals surface area (Å²) >= 11 is 0. The van der Waals surface area contributed by atoms with E-state index in [0.29, 0.717) is 43.4 Å². The van der Waals surface area contributed by atoms with Gasteiger partial charge in [-0.1, -0.05) is 18.2 Å². The average Bonchev–Trinajstić information content (AvgIpc) is 3.31. The fourth-order valence-corrected chi connectivity index (χ4v) is 3.30. The molecule has 0 unspecified atom stereocenters. The second-order valence-corrected chi connectivity index (χ2v) is 7.03. The van der Waals surface area contributed by atoms with Gasteiger partial charge in [0.15, 0.2) is 5.76 Å². The summed E-state index contributed by atoms with van der Waals surface area (Å²) in [7, 11) is 0. The van der Waals surface area contributed by atoms with Crippen LogP contribution in [-0.2, 0) is 4.79 Å². The zero-order valence-electron chi connectivity index (χ0n) is 16.5. The molecule has 1 aliphatic rings. The van der Waals surface area contributed by atoms with E-state index in [0.717, 1.165) is 5.75 Å². The van der Waals surface area contributed by atoms with Gasteiger partial charge in [0.1, 0.15) is 11.5 Å². The summed E-state index contributed by atoms with van der Waals surface area (Å²) in [5.41, 5.74) is 0.715. The van der Waals surface area contributed by atoms with Gasteiger partial charge in [0, 0.05) is 31.9 Å². The van der Waals surface area contributed by atoms with E-state index in [1.807, 2.05) is 59.5 Å². The van der Waals surface area contributed by atoms with Gasteiger partial charge in [-0.3, -0.25) is 14.5 Å². The number of hydrogen-bond acceptors (Lipinski definition) is 5. The standard InChI is InChI=1S/C23H23N3O4/c27-22(17-25-12-14-26(15-13-25)23(28)21-7-4-16-29-21)24-18-8-10-20(11-9-18)30-19-5-2-1-3-6-19/h1-11,16H,12-15,17H2,(H,24,27). The van der Waals surface area contributed by atoms with Crippen molar-refractivity contribution in [1.82, 2.24) is 9.80 Å². The molecule has 0 radical (unpaired) electrons. The average molecular weight is 405 g/mol. The first-order chi connectivity index (χ1) is 14.7. The Kier molecular flexibility index (Phi) is 6.10. The van der Waals surface area contributed by atoms with Crippen LogP contribution in [0.2, 0.25) is 0 Å². The molecule has 0 atom stereocenters. The summed E-state index contributed by atoms with van der Waals surface area (Å²) < 4.78 is 10.9. The molecule has 2 amide bonds. The van der Waals surface area contributed by atoms with Crippen molar-refractivity contribution in [1.29, 1.82) is 0 Å². The Hall–Kier alpha value is -3.58. The molecular weight excluding hydrogens is 382 g/mol. The molecule has 1 aliphatic heterocycles. The van der Waals surface area contributed by atoms with E-state index in [4.69, 9.17) is 9.15 Å². The quantitative estimate of drug-likeness (QED) is 0.680. The molecule has 154 valence electrons. The fraction of sp³-hybridized carbons (Fsp3) is 0.217. The van der Waals surface area contributed by atoms with Crippen LogP contribution < -0.4 is 10.1 Å². The Balaban J connectivity index is 1.23. The lowest BCUT2D eigenvalue weighted by atomic mass is 10.2. The third kappa shape index (κ3) is 5.07. The highest BCUT2D eigenvalue weighted by Gasteiger charge is 2.24. The Bertz CT molecular complexity index is 963. The minimum Gasteiger partial charge on any atom is -0.459 e. The molecule has 1 N–H and O–H groups in total. The number of furan rings is 1. The van der Waals surface area contributed by atoms with Crippen LogP contribution in [-0.4, -0.2) is 54.3 Å². The lowest BCUT2D eigenvalue weighted by Crippen LogP contribution is -2.50. The largest absolute Gasteiger partial charge is 0.459 e. The zero-order valence-corrected chi connectivity index (χ0v) is 16.5. The van der Waals surface area contributed by atoms with Crippen LogP contribution in [0.15, 0.2) is 77.4 Å². The Morgan fingerprint density at radius 3 is 2.23 bits per heavy atom. The maximum atomic E-state index is 12.4.